The molecule has 2 rings (SSSR count). The molecule has 2 nitrogen and oxygen atoms in total. The molecule has 1 aliphatic carbocycles. The van der Waals surface area contributed by atoms with Crippen molar-refractivity contribution in [1.82, 2.24) is 4.98 Å². The summed E-state index contributed by atoms with van der Waals surface area (Å²) in [6.45, 7) is 0. The quantitative estimate of drug-likeness (QED) is 0.719. The number of thiazole rings is 1. The third-order valence-corrected chi connectivity index (χ3v) is 3.00. The Balaban J connectivity index is 2.21. The minimum Gasteiger partial charge on any atom is -0.293 e. The summed E-state index contributed by atoms with van der Waals surface area (Å²) >= 11 is 0.431. The average Bonchev–Trinajstić information content (AvgIpc) is 2.79. The van der Waals surface area contributed by atoms with Crippen molar-refractivity contribution in [3.05, 3.63) is 16.1 Å². The van der Waals surface area contributed by atoms with Crippen LogP contribution >= 0.6 is 11.3 Å². The molecule has 1 fully saturated rings. The van der Waals surface area contributed by atoms with E-state index in [0.717, 1.165) is 19.0 Å². The monoisotopic (exact) mass is 221 g/mol. The van der Waals surface area contributed by atoms with Gasteiger partial charge in [-0.15, -0.1) is 11.3 Å². The highest BCUT2D eigenvalue weighted by Gasteiger charge is 2.37. The number of halogens is 3. The molecule has 0 aliphatic heterocycles. The van der Waals surface area contributed by atoms with Gasteiger partial charge in [-0.05, 0) is 12.8 Å². The van der Waals surface area contributed by atoms with Gasteiger partial charge in [0.25, 0.3) is 0 Å². The molecule has 1 saturated carbocycles. The molecule has 0 spiro atoms. The molecule has 76 valence electrons. The summed E-state index contributed by atoms with van der Waals surface area (Å²) < 4.78 is 36.4. The first kappa shape index (κ1) is 9.64. The molecule has 14 heavy (non-hydrogen) atoms. The average molecular weight is 221 g/mol. The van der Waals surface area contributed by atoms with E-state index in [4.69, 9.17) is 0 Å². The maximum atomic E-state index is 12.1. The standard InChI is InChI=1S/C8H6F3NOS/c9-8(10,11)7-12-3-5(14-7)6(13)4-1-2-4/h3-4H,1-2H2. The molecule has 0 saturated heterocycles. The van der Waals surface area contributed by atoms with E-state index in [1.165, 1.54) is 0 Å². The second-order valence-electron chi connectivity index (χ2n) is 3.17. The van der Waals surface area contributed by atoms with Crippen molar-refractivity contribution in [1.29, 1.82) is 0 Å². The highest BCUT2D eigenvalue weighted by Crippen LogP contribution is 2.37. The first-order valence-electron chi connectivity index (χ1n) is 4.05. The fourth-order valence-electron chi connectivity index (χ4n) is 1.07. The number of aromatic nitrogens is 1. The Labute approximate surface area is 81.8 Å². The van der Waals surface area contributed by atoms with E-state index in [0.29, 0.717) is 11.3 Å². The van der Waals surface area contributed by atoms with E-state index in [9.17, 15) is 18.0 Å². The molecule has 0 atom stereocenters. The van der Waals surface area contributed by atoms with Crippen LogP contribution in [0.2, 0.25) is 0 Å². The van der Waals surface area contributed by atoms with Crippen molar-refractivity contribution in [2.24, 2.45) is 5.92 Å². The van der Waals surface area contributed by atoms with Gasteiger partial charge in [-0.3, -0.25) is 4.79 Å². The van der Waals surface area contributed by atoms with Gasteiger partial charge < -0.3 is 0 Å². The van der Waals surface area contributed by atoms with Crippen LogP contribution in [0.4, 0.5) is 13.2 Å². The first-order chi connectivity index (χ1) is 6.48. The summed E-state index contributed by atoms with van der Waals surface area (Å²) in [5.41, 5.74) is 0. The lowest BCUT2D eigenvalue weighted by molar-refractivity contribution is -0.137. The number of ketones is 1. The SMILES string of the molecule is O=C(c1cnc(C(F)(F)F)s1)C1CC1. The minimum absolute atomic E-state index is 0.0588. The number of rotatable bonds is 2. The fraction of sp³-hybridized carbons (Fsp3) is 0.500. The van der Waals surface area contributed by atoms with Gasteiger partial charge in [-0.25, -0.2) is 4.98 Å². The maximum Gasteiger partial charge on any atom is 0.443 e. The van der Waals surface area contributed by atoms with Crippen LogP contribution in [0, 0.1) is 5.92 Å². The molecule has 0 N–H and O–H groups in total. The Morgan fingerprint density at radius 1 is 1.50 bits per heavy atom. The van der Waals surface area contributed by atoms with E-state index in [1.807, 2.05) is 0 Å². The molecule has 1 heterocycles. The van der Waals surface area contributed by atoms with Crippen LogP contribution in [0.1, 0.15) is 27.5 Å². The third-order valence-electron chi connectivity index (χ3n) is 1.94. The van der Waals surface area contributed by atoms with E-state index >= 15 is 0 Å². The Morgan fingerprint density at radius 3 is 2.57 bits per heavy atom. The van der Waals surface area contributed by atoms with Crippen LogP contribution in [0.25, 0.3) is 0 Å². The van der Waals surface area contributed by atoms with Gasteiger partial charge in [0.2, 0.25) is 0 Å². The van der Waals surface area contributed by atoms with Crippen LogP contribution in [0.3, 0.4) is 0 Å². The van der Waals surface area contributed by atoms with E-state index in [-0.39, 0.29) is 16.6 Å². The Morgan fingerprint density at radius 2 is 2.14 bits per heavy atom. The molecular weight excluding hydrogens is 215 g/mol. The van der Waals surface area contributed by atoms with Crippen molar-refractivity contribution in [3.8, 4) is 0 Å². The number of nitrogens with zero attached hydrogens (tertiary/aromatic N) is 1. The number of carbonyl (C=O) groups excluding carboxylic acids is 1. The van der Waals surface area contributed by atoms with Gasteiger partial charge in [0, 0.05) is 12.1 Å². The predicted octanol–water partition coefficient (Wildman–Crippen LogP) is 2.75. The molecule has 6 heteroatoms. The smallest absolute Gasteiger partial charge is 0.293 e. The summed E-state index contributed by atoms with van der Waals surface area (Å²) in [5.74, 6) is -0.255. The number of alkyl halides is 3. The summed E-state index contributed by atoms with van der Waals surface area (Å²) in [6.07, 6.45) is -1.84. The van der Waals surface area contributed by atoms with Crippen LogP contribution in [0.5, 0.6) is 0 Å². The number of carbonyl (C=O) groups is 1. The zero-order chi connectivity index (χ0) is 10.3. The molecular formula is C8H6F3NOS. The van der Waals surface area contributed by atoms with E-state index in [2.05, 4.69) is 4.98 Å². The van der Waals surface area contributed by atoms with Gasteiger partial charge >= 0.3 is 6.18 Å². The van der Waals surface area contributed by atoms with E-state index in [1.54, 1.807) is 0 Å². The van der Waals surface area contributed by atoms with Crippen molar-refractivity contribution in [2.75, 3.05) is 0 Å². The highest BCUT2D eigenvalue weighted by molar-refractivity contribution is 7.13. The molecule has 1 aromatic heterocycles. The highest BCUT2D eigenvalue weighted by atomic mass is 32.1. The first-order valence-corrected chi connectivity index (χ1v) is 4.87. The predicted molar refractivity (Wildman–Crippen MR) is 44.2 cm³/mol. The Bertz CT molecular complexity index is 367. The van der Waals surface area contributed by atoms with Crippen molar-refractivity contribution in [3.63, 3.8) is 0 Å². The molecule has 0 unspecified atom stereocenters. The van der Waals surface area contributed by atoms with Crippen LogP contribution in [0.15, 0.2) is 6.20 Å². The lowest BCUT2D eigenvalue weighted by atomic mass is 10.2. The van der Waals surface area contributed by atoms with Gasteiger partial charge in [0.05, 0.1) is 4.88 Å². The van der Waals surface area contributed by atoms with Crippen molar-refractivity contribution >= 4 is 17.1 Å². The molecule has 0 bridgehead atoms. The van der Waals surface area contributed by atoms with Crippen LogP contribution in [-0.4, -0.2) is 10.8 Å². The summed E-state index contributed by atoms with van der Waals surface area (Å²) in [6, 6.07) is 0. The largest absolute Gasteiger partial charge is 0.443 e. The number of hydrogen-bond acceptors (Lipinski definition) is 3. The summed E-state index contributed by atoms with van der Waals surface area (Å²) in [5, 5.41) is -0.943. The van der Waals surface area contributed by atoms with Crippen LogP contribution < -0.4 is 0 Å². The number of hydrogen-bond donors (Lipinski definition) is 0. The van der Waals surface area contributed by atoms with Gasteiger partial charge in [0.1, 0.15) is 0 Å². The lowest BCUT2D eigenvalue weighted by Gasteiger charge is -1.98. The van der Waals surface area contributed by atoms with Crippen molar-refractivity contribution in [2.45, 2.75) is 19.0 Å². The zero-order valence-electron chi connectivity index (χ0n) is 6.97. The second-order valence-corrected chi connectivity index (χ2v) is 4.20. The van der Waals surface area contributed by atoms with Gasteiger partial charge in [-0.1, -0.05) is 0 Å². The molecule has 0 aromatic carbocycles. The van der Waals surface area contributed by atoms with E-state index < -0.39 is 11.2 Å². The number of Topliss-reactive ketones (excluding diaryl/α,β-unsaturated/α-hetero) is 1. The Kier molecular flexibility index (Phi) is 2.10. The molecule has 0 amide bonds. The lowest BCUT2D eigenvalue weighted by Crippen LogP contribution is -2.03. The summed E-state index contributed by atoms with van der Waals surface area (Å²) in [4.78, 5) is 14.7. The second kappa shape index (κ2) is 3.05. The summed E-state index contributed by atoms with van der Waals surface area (Å²) in [7, 11) is 0. The zero-order valence-corrected chi connectivity index (χ0v) is 7.78. The molecule has 1 aliphatic rings. The molecule has 1 aromatic rings. The third kappa shape index (κ3) is 1.79. The van der Waals surface area contributed by atoms with Crippen molar-refractivity contribution < 1.29 is 18.0 Å². The topological polar surface area (TPSA) is 30.0 Å². The fourth-order valence-corrected chi connectivity index (χ4v) is 1.87. The molecule has 0 radical (unpaired) electrons. The Hall–Kier alpha value is -0.910. The normalized spacial score (nSPS) is 17.1. The van der Waals surface area contributed by atoms with Gasteiger partial charge in [0.15, 0.2) is 10.8 Å². The van der Waals surface area contributed by atoms with Crippen LogP contribution in [-0.2, 0) is 6.18 Å². The minimum atomic E-state index is -4.44. The van der Waals surface area contributed by atoms with Gasteiger partial charge in [-0.2, -0.15) is 13.2 Å². The maximum absolute atomic E-state index is 12.1.